The summed E-state index contributed by atoms with van der Waals surface area (Å²) in [5.41, 5.74) is 1.18. The van der Waals surface area contributed by atoms with Gasteiger partial charge < -0.3 is 9.84 Å². The van der Waals surface area contributed by atoms with Crippen LogP contribution in [0.5, 0.6) is 11.5 Å². The number of ketones is 2. The van der Waals surface area contributed by atoms with Crippen LogP contribution in [0.25, 0.3) is 12.2 Å². The molecule has 31 heavy (non-hydrogen) atoms. The lowest BCUT2D eigenvalue weighted by Crippen LogP contribution is -1.95. The number of rotatable bonds is 7. The van der Waals surface area contributed by atoms with Gasteiger partial charge in [0, 0.05) is 22.3 Å². The standard InChI is InChI=1S/C25H18F2O4/c1-31-22-14-18(6-12-23(28)16-2-8-20(26)9-3-16)25(30)19(15-22)7-13-24(29)17-4-10-21(27)11-5-17/h2-15,30H,1H3/b12-6+,13-7+. The summed E-state index contributed by atoms with van der Waals surface area (Å²) in [7, 11) is 1.45. The third-order valence-corrected chi connectivity index (χ3v) is 4.46. The van der Waals surface area contributed by atoms with Gasteiger partial charge in [-0.05, 0) is 85.0 Å². The van der Waals surface area contributed by atoms with Gasteiger partial charge in [0.1, 0.15) is 23.1 Å². The van der Waals surface area contributed by atoms with Crippen LogP contribution in [0, 0.1) is 11.6 Å². The third-order valence-electron chi connectivity index (χ3n) is 4.46. The number of carbonyl (C=O) groups excluding carboxylic acids is 2. The Labute approximate surface area is 177 Å². The Hall–Kier alpha value is -4.06. The van der Waals surface area contributed by atoms with Crippen molar-refractivity contribution in [2.75, 3.05) is 7.11 Å². The largest absolute Gasteiger partial charge is 0.507 e. The average Bonchev–Trinajstić information content (AvgIpc) is 2.78. The van der Waals surface area contributed by atoms with Crippen LogP contribution in [0.4, 0.5) is 8.78 Å². The SMILES string of the molecule is COc1cc(/C=C/C(=O)c2ccc(F)cc2)c(O)c(/C=C/C(=O)c2ccc(F)cc2)c1. The van der Waals surface area contributed by atoms with Crippen molar-refractivity contribution in [2.24, 2.45) is 0 Å². The minimum Gasteiger partial charge on any atom is -0.507 e. The Kier molecular flexibility index (Phi) is 6.72. The van der Waals surface area contributed by atoms with E-state index < -0.39 is 11.6 Å². The fraction of sp³-hybridized carbons (Fsp3) is 0.0400. The molecule has 1 N–H and O–H groups in total. The second kappa shape index (κ2) is 9.63. The molecule has 0 atom stereocenters. The number of halogens is 2. The van der Waals surface area contributed by atoms with Gasteiger partial charge >= 0.3 is 0 Å². The van der Waals surface area contributed by atoms with E-state index in [1.807, 2.05) is 0 Å². The van der Waals surface area contributed by atoms with Crippen molar-refractivity contribution in [1.82, 2.24) is 0 Å². The number of methoxy groups -OCH3 is 1. The lowest BCUT2D eigenvalue weighted by Gasteiger charge is -2.08. The first-order valence-electron chi connectivity index (χ1n) is 9.24. The van der Waals surface area contributed by atoms with Gasteiger partial charge in [0.2, 0.25) is 0 Å². The average molecular weight is 420 g/mol. The molecule has 3 aromatic rings. The first kappa shape index (κ1) is 21.6. The monoisotopic (exact) mass is 420 g/mol. The van der Waals surface area contributed by atoms with Crippen LogP contribution in [-0.2, 0) is 0 Å². The summed E-state index contributed by atoms with van der Waals surface area (Å²) in [6, 6.07) is 13.3. The quantitative estimate of drug-likeness (QED) is 0.407. The first-order valence-corrected chi connectivity index (χ1v) is 9.24. The molecule has 3 aromatic carbocycles. The smallest absolute Gasteiger partial charge is 0.185 e. The first-order chi connectivity index (χ1) is 14.9. The van der Waals surface area contributed by atoms with Crippen molar-refractivity contribution in [1.29, 1.82) is 0 Å². The van der Waals surface area contributed by atoms with Crippen molar-refractivity contribution >= 4 is 23.7 Å². The maximum Gasteiger partial charge on any atom is 0.185 e. The molecule has 0 spiro atoms. The normalized spacial score (nSPS) is 11.2. The molecule has 0 unspecified atom stereocenters. The summed E-state index contributed by atoms with van der Waals surface area (Å²) in [4.78, 5) is 24.5. The molecule has 6 heteroatoms. The minimum absolute atomic E-state index is 0.160. The van der Waals surface area contributed by atoms with Crippen molar-refractivity contribution in [3.63, 3.8) is 0 Å². The molecule has 0 saturated heterocycles. The number of hydrogen-bond donors (Lipinski definition) is 1. The second-order valence-electron chi connectivity index (χ2n) is 6.56. The van der Waals surface area contributed by atoms with E-state index in [1.54, 1.807) is 0 Å². The topological polar surface area (TPSA) is 63.6 Å². The summed E-state index contributed by atoms with van der Waals surface area (Å²) in [6.45, 7) is 0. The molecule has 0 saturated carbocycles. The van der Waals surface area contributed by atoms with Gasteiger partial charge in [-0.3, -0.25) is 9.59 Å². The predicted octanol–water partition coefficient (Wildman–Crippen LogP) is 5.47. The number of hydrogen-bond acceptors (Lipinski definition) is 4. The van der Waals surface area contributed by atoms with Gasteiger partial charge in [-0.15, -0.1) is 0 Å². The van der Waals surface area contributed by atoms with Gasteiger partial charge in [-0.25, -0.2) is 8.78 Å². The van der Waals surface area contributed by atoms with E-state index in [0.717, 1.165) is 0 Å². The highest BCUT2D eigenvalue weighted by molar-refractivity contribution is 6.08. The fourth-order valence-corrected chi connectivity index (χ4v) is 2.78. The molecule has 0 aromatic heterocycles. The number of phenolic OH excluding ortho intramolecular Hbond substituents is 1. The van der Waals surface area contributed by atoms with Crippen LogP contribution < -0.4 is 4.74 Å². The molecule has 0 radical (unpaired) electrons. The molecule has 156 valence electrons. The van der Waals surface area contributed by atoms with Crippen LogP contribution in [0.2, 0.25) is 0 Å². The summed E-state index contributed by atoms with van der Waals surface area (Å²) in [6.07, 6.45) is 5.31. The molecule has 0 fully saturated rings. The highest BCUT2D eigenvalue weighted by Gasteiger charge is 2.09. The van der Waals surface area contributed by atoms with Crippen LogP contribution in [0.15, 0.2) is 72.8 Å². The molecule has 0 amide bonds. The Morgan fingerprint density at radius 3 is 1.52 bits per heavy atom. The molecule has 0 aliphatic heterocycles. The molecular formula is C25H18F2O4. The van der Waals surface area contributed by atoms with Crippen molar-refractivity contribution in [3.05, 3.63) is 107 Å². The van der Waals surface area contributed by atoms with E-state index in [9.17, 15) is 23.5 Å². The Balaban J connectivity index is 1.86. The highest BCUT2D eigenvalue weighted by atomic mass is 19.1. The van der Waals surface area contributed by atoms with Gasteiger partial charge in [0.05, 0.1) is 7.11 Å². The highest BCUT2D eigenvalue weighted by Crippen LogP contribution is 2.31. The zero-order valence-electron chi connectivity index (χ0n) is 16.5. The number of ether oxygens (including phenoxy) is 1. The second-order valence-corrected chi connectivity index (χ2v) is 6.56. The van der Waals surface area contributed by atoms with Gasteiger partial charge in [0.15, 0.2) is 11.6 Å². The maximum absolute atomic E-state index is 13.0. The van der Waals surface area contributed by atoms with Crippen LogP contribution in [-0.4, -0.2) is 23.8 Å². The van der Waals surface area contributed by atoms with E-state index >= 15 is 0 Å². The summed E-state index contributed by atoms with van der Waals surface area (Å²) in [5, 5.41) is 10.6. The van der Waals surface area contributed by atoms with Crippen LogP contribution in [0.3, 0.4) is 0 Å². The van der Waals surface area contributed by atoms with E-state index in [-0.39, 0.29) is 17.3 Å². The number of benzene rings is 3. The van der Waals surface area contributed by atoms with Crippen LogP contribution in [0.1, 0.15) is 31.8 Å². The van der Waals surface area contributed by atoms with Crippen molar-refractivity contribution in [2.45, 2.75) is 0 Å². The molecule has 0 bridgehead atoms. The van der Waals surface area contributed by atoms with Gasteiger partial charge in [0.25, 0.3) is 0 Å². The molecular weight excluding hydrogens is 402 g/mol. The van der Waals surface area contributed by atoms with Crippen LogP contribution >= 0.6 is 0 Å². The lowest BCUT2D eigenvalue weighted by atomic mass is 10.0. The Morgan fingerprint density at radius 1 is 0.774 bits per heavy atom. The summed E-state index contributed by atoms with van der Waals surface area (Å²) >= 11 is 0. The van der Waals surface area contributed by atoms with E-state index in [2.05, 4.69) is 0 Å². The maximum atomic E-state index is 13.0. The molecule has 3 rings (SSSR count). The van der Waals surface area contributed by atoms with Gasteiger partial charge in [-0.1, -0.05) is 0 Å². The van der Waals surface area contributed by atoms with E-state index in [4.69, 9.17) is 4.74 Å². The number of allylic oxidation sites excluding steroid dienone is 2. The fourth-order valence-electron chi connectivity index (χ4n) is 2.78. The zero-order chi connectivity index (χ0) is 22.4. The molecule has 0 aliphatic carbocycles. The van der Waals surface area contributed by atoms with Gasteiger partial charge in [-0.2, -0.15) is 0 Å². The van der Waals surface area contributed by atoms with E-state index in [1.165, 1.54) is 92.1 Å². The van der Waals surface area contributed by atoms with Crippen molar-refractivity contribution in [3.8, 4) is 11.5 Å². The predicted molar refractivity (Wildman–Crippen MR) is 114 cm³/mol. The molecule has 0 aliphatic rings. The van der Waals surface area contributed by atoms with E-state index in [0.29, 0.717) is 28.0 Å². The number of carbonyl (C=O) groups is 2. The number of phenols is 1. The minimum atomic E-state index is -0.447. The molecule has 0 heterocycles. The zero-order valence-corrected chi connectivity index (χ0v) is 16.5. The summed E-state index contributed by atoms with van der Waals surface area (Å²) < 4.78 is 31.3. The molecule has 4 nitrogen and oxygen atoms in total. The number of aromatic hydroxyl groups is 1. The summed E-state index contributed by atoms with van der Waals surface area (Å²) in [5.74, 6) is -1.39. The third kappa shape index (κ3) is 5.51. The Morgan fingerprint density at radius 2 is 1.16 bits per heavy atom. The Bertz CT molecular complexity index is 1070. The lowest BCUT2D eigenvalue weighted by molar-refractivity contribution is 0.103. The van der Waals surface area contributed by atoms with Crippen molar-refractivity contribution < 1.29 is 28.2 Å².